The fraction of sp³-hybridized carbons (Fsp3) is 0. The van der Waals surface area contributed by atoms with Gasteiger partial charge < -0.3 is 5.11 Å². The molecule has 0 fully saturated rings. The number of nitrogens with one attached hydrogen (secondary N) is 1. The molecule has 0 aliphatic heterocycles. The fourth-order valence-electron chi connectivity index (χ4n) is 1.58. The van der Waals surface area contributed by atoms with E-state index in [4.69, 9.17) is 0 Å². The van der Waals surface area contributed by atoms with Crippen LogP contribution in [0, 0.1) is 10.1 Å². The van der Waals surface area contributed by atoms with Crippen molar-refractivity contribution in [2.75, 3.05) is 4.72 Å². The van der Waals surface area contributed by atoms with Gasteiger partial charge in [0.25, 0.3) is 15.7 Å². The minimum Gasteiger partial charge on any atom is -0.506 e. The Balaban J connectivity index is 2.44. The number of rotatable bonds is 4. The standard InChI is InChI=1S/C12H9BrN2O5S/c13-9-3-1-2-4-12(9)21(19,20)14-10-7-8(15(17)18)5-6-11(10)16/h1-7,14,16H. The number of phenols is 1. The van der Waals surface area contributed by atoms with Crippen molar-refractivity contribution in [1.29, 1.82) is 0 Å². The number of benzene rings is 2. The molecule has 0 amide bonds. The quantitative estimate of drug-likeness (QED) is 0.487. The van der Waals surface area contributed by atoms with Gasteiger partial charge in [0, 0.05) is 16.6 Å². The molecule has 0 radical (unpaired) electrons. The summed E-state index contributed by atoms with van der Waals surface area (Å²) in [5.74, 6) is -0.406. The third kappa shape index (κ3) is 3.31. The zero-order chi connectivity index (χ0) is 15.6. The van der Waals surface area contributed by atoms with Crippen LogP contribution >= 0.6 is 15.9 Å². The number of hydrogen-bond acceptors (Lipinski definition) is 5. The van der Waals surface area contributed by atoms with Crippen LogP contribution in [0.25, 0.3) is 0 Å². The molecule has 7 nitrogen and oxygen atoms in total. The number of nitro groups is 1. The van der Waals surface area contributed by atoms with Crippen molar-refractivity contribution in [3.05, 3.63) is 57.1 Å². The first-order chi connectivity index (χ1) is 9.81. The number of aromatic hydroxyl groups is 1. The molecule has 2 aromatic carbocycles. The summed E-state index contributed by atoms with van der Waals surface area (Å²) in [6.45, 7) is 0. The molecule has 0 aliphatic rings. The van der Waals surface area contributed by atoms with Crippen molar-refractivity contribution in [1.82, 2.24) is 0 Å². The fourth-order valence-corrected chi connectivity index (χ4v) is 3.65. The van der Waals surface area contributed by atoms with Gasteiger partial charge in [0.1, 0.15) is 10.6 Å². The molecule has 9 heteroatoms. The van der Waals surface area contributed by atoms with Crippen LogP contribution in [0.3, 0.4) is 0 Å². The van der Waals surface area contributed by atoms with E-state index >= 15 is 0 Å². The highest BCUT2D eigenvalue weighted by atomic mass is 79.9. The van der Waals surface area contributed by atoms with Crippen LogP contribution in [-0.2, 0) is 10.0 Å². The second-order valence-corrected chi connectivity index (χ2v) is 6.50. The van der Waals surface area contributed by atoms with Crippen molar-refractivity contribution in [3.63, 3.8) is 0 Å². The SMILES string of the molecule is O=[N+]([O-])c1ccc(O)c(NS(=O)(=O)c2ccccc2Br)c1. The molecule has 0 bridgehead atoms. The lowest BCUT2D eigenvalue weighted by Crippen LogP contribution is -2.13. The van der Waals surface area contributed by atoms with Gasteiger partial charge in [-0.3, -0.25) is 14.8 Å². The van der Waals surface area contributed by atoms with E-state index < -0.39 is 20.7 Å². The van der Waals surface area contributed by atoms with Crippen molar-refractivity contribution in [3.8, 4) is 5.75 Å². The van der Waals surface area contributed by atoms with Crippen LogP contribution in [0.5, 0.6) is 5.75 Å². The normalized spacial score (nSPS) is 11.1. The van der Waals surface area contributed by atoms with Gasteiger partial charge in [-0.25, -0.2) is 8.42 Å². The van der Waals surface area contributed by atoms with E-state index in [0.29, 0.717) is 4.47 Å². The first-order valence-corrected chi connectivity index (χ1v) is 7.83. The molecular weight excluding hydrogens is 364 g/mol. The minimum absolute atomic E-state index is 0.0455. The average Bonchev–Trinajstić information content (AvgIpc) is 2.41. The van der Waals surface area contributed by atoms with E-state index in [0.717, 1.165) is 18.2 Å². The van der Waals surface area contributed by atoms with Gasteiger partial charge in [-0.15, -0.1) is 0 Å². The largest absolute Gasteiger partial charge is 0.506 e. The molecule has 21 heavy (non-hydrogen) atoms. The molecule has 0 aliphatic carbocycles. The zero-order valence-corrected chi connectivity index (χ0v) is 12.8. The summed E-state index contributed by atoms with van der Waals surface area (Å²) >= 11 is 3.11. The summed E-state index contributed by atoms with van der Waals surface area (Å²) in [4.78, 5) is 9.96. The van der Waals surface area contributed by atoms with E-state index in [1.807, 2.05) is 0 Å². The molecule has 0 aromatic heterocycles. The van der Waals surface area contributed by atoms with Gasteiger partial charge in [0.05, 0.1) is 10.6 Å². The van der Waals surface area contributed by atoms with Crippen LogP contribution in [0.4, 0.5) is 11.4 Å². The van der Waals surface area contributed by atoms with Crippen molar-refractivity contribution < 1.29 is 18.4 Å². The zero-order valence-electron chi connectivity index (χ0n) is 10.4. The smallest absolute Gasteiger partial charge is 0.271 e. The summed E-state index contributed by atoms with van der Waals surface area (Å²) < 4.78 is 26.9. The maximum absolute atomic E-state index is 12.2. The van der Waals surface area contributed by atoms with Gasteiger partial charge in [-0.05, 0) is 34.1 Å². The maximum atomic E-state index is 12.2. The number of hydrogen-bond donors (Lipinski definition) is 2. The number of non-ortho nitro benzene ring substituents is 1. The molecule has 0 saturated carbocycles. The van der Waals surface area contributed by atoms with Gasteiger partial charge >= 0.3 is 0 Å². The van der Waals surface area contributed by atoms with Crippen molar-refractivity contribution in [2.24, 2.45) is 0 Å². The molecule has 2 rings (SSSR count). The van der Waals surface area contributed by atoms with E-state index in [1.54, 1.807) is 12.1 Å². The molecule has 110 valence electrons. The van der Waals surface area contributed by atoms with Gasteiger partial charge in [0.2, 0.25) is 0 Å². The third-order valence-corrected chi connectivity index (χ3v) is 4.94. The molecule has 2 aromatic rings. The van der Waals surface area contributed by atoms with Crippen LogP contribution in [0.2, 0.25) is 0 Å². The Morgan fingerprint density at radius 2 is 1.86 bits per heavy atom. The van der Waals surface area contributed by atoms with Crippen LogP contribution in [-0.4, -0.2) is 18.4 Å². The summed E-state index contributed by atoms with van der Waals surface area (Å²) in [6, 6.07) is 9.16. The highest BCUT2D eigenvalue weighted by molar-refractivity contribution is 9.10. The second kappa shape index (κ2) is 5.70. The predicted molar refractivity (Wildman–Crippen MR) is 79.7 cm³/mol. The highest BCUT2D eigenvalue weighted by Gasteiger charge is 2.20. The highest BCUT2D eigenvalue weighted by Crippen LogP contribution is 2.31. The van der Waals surface area contributed by atoms with Gasteiger partial charge in [-0.1, -0.05) is 12.1 Å². The lowest BCUT2D eigenvalue weighted by molar-refractivity contribution is -0.384. The summed E-state index contributed by atoms with van der Waals surface area (Å²) in [5.41, 5.74) is -0.599. The van der Waals surface area contributed by atoms with Crippen LogP contribution in [0.15, 0.2) is 51.8 Å². The first kappa shape index (κ1) is 15.3. The minimum atomic E-state index is -3.99. The number of nitro benzene ring substituents is 1. The Labute approximate surface area is 128 Å². The Morgan fingerprint density at radius 1 is 1.19 bits per heavy atom. The molecule has 2 N–H and O–H groups in total. The monoisotopic (exact) mass is 372 g/mol. The van der Waals surface area contributed by atoms with E-state index in [9.17, 15) is 23.6 Å². The maximum Gasteiger partial charge on any atom is 0.271 e. The van der Waals surface area contributed by atoms with E-state index in [-0.39, 0.29) is 16.3 Å². The molecule has 0 unspecified atom stereocenters. The first-order valence-electron chi connectivity index (χ1n) is 5.56. The van der Waals surface area contributed by atoms with E-state index in [1.165, 1.54) is 12.1 Å². The van der Waals surface area contributed by atoms with E-state index in [2.05, 4.69) is 20.7 Å². The number of anilines is 1. The Kier molecular flexibility index (Phi) is 4.14. The van der Waals surface area contributed by atoms with Crippen LogP contribution < -0.4 is 4.72 Å². The van der Waals surface area contributed by atoms with Gasteiger partial charge in [-0.2, -0.15) is 0 Å². The number of sulfonamides is 1. The molecule has 0 saturated heterocycles. The predicted octanol–water partition coefficient (Wildman–Crippen LogP) is 2.86. The Hall–Kier alpha value is -2.13. The summed E-state index contributed by atoms with van der Waals surface area (Å²) in [5, 5.41) is 20.3. The Morgan fingerprint density at radius 3 is 2.48 bits per heavy atom. The lowest BCUT2D eigenvalue weighted by Gasteiger charge is -2.10. The number of nitrogens with zero attached hydrogens (tertiary/aromatic N) is 1. The molecule has 0 heterocycles. The molecule has 0 spiro atoms. The second-order valence-electron chi connectivity index (χ2n) is 3.99. The number of phenolic OH excluding ortho intramolecular Hbond substituents is 1. The lowest BCUT2D eigenvalue weighted by atomic mass is 10.2. The number of halogens is 1. The summed E-state index contributed by atoms with van der Waals surface area (Å²) in [6.07, 6.45) is 0. The van der Waals surface area contributed by atoms with Crippen LogP contribution in [0.1, 0.15) is 0 Å². The Bertz CT molecular complexity index is 807. The molecular formula is C12H9BrN2O5S. The summed E-state index contributed by atoms with van der Waals surface area (Å²) in [7, 11) is -3.99. The third-order valence-electron chi connectivity index (χ3n) is 2.56. The topological polar surface area (TPSA) is 110 Å². The van der Waals surface area contributed by atoms with Crippen molar-refractivity contribution >= 4 is 37.3 Å². The van der Waals surface area contributed by atoms with Gasteiger partial charge in [0.15, 0.2) is 0 Å². The molecule has 0 atom stereocenters. The van der Waals surface area contributed by atoms with Crippen molar-refractivity contribution in [2.45, 2.75) is 4.90 Å². The average molecular weight is 373 g/mol.